The Bertz CT molecular complexity index is 495. The standard InChI is InChI=1S/C12H11F2NO3/c1-2-18-10(16)5-7-3-8(12(13)14)4-9(6-15)11(7)17/h3-4,12,17H,2,5H2,1H3. The topological polar surface area (TPSA) is 70.3 Å². The average Bonchev–Trinajstić information content (AvgIpc) is 2.31. The SMILES string of the molecule is CCOC(=O)Cc1cc(C(F)F)cc(C#N)c1O. The lowest BCUT2D eigenvalue weighted by Gasteiger charge is -2.09. The van der Waals surface area contributed by atoms with Crippen molar-refractivity contribution in [3.8, 4) is 11.8 Å². The molecule has 96 valence electrons. The number of rotatable bonds is 4. The van der Waals surface area contributed by atoms with E-state index < -0.39 is 23.7 Å². The van der Waals surface area contributed by atoms with Crippen LogP contribution < -0.4 is 0 Å². The van der Waals surface area contributed by atoms with Crippen LogP contribution >= 0.6 is 0 Å². The molecule has 18 heavy (non-hydrogen) atoms. The number of nitriles is 1. The van der Waals surface area contributed by atoms with Gasteiger partial charge in [0.25, 0.3) is 6.43 Å². The highest BCUT2D eigenvalue weighted by molar-refractivity contribution is 5.74. The van der Waals surface area contributed by atoms with Gasteiger partial charge in [0.15, 0.2) is 0 Å². The van der Waals surface area contributed by atoms with E-state index in [2.05, 4.69) is 4.74 Å². The Balaban J connectivity index is 3.14. The number of hydrogen-bond donors (Lipinski definition) is 1. The number of esters is 1. The molecule has 0 aliphatic rings. The van der Waals surface area contributed by atoms with Gasteiger partial charge >= 0.3 is 5.97 Å². The van der Waals surface area contributed by atoms with Gasteiger partial charge in [-0.05, 0) is 19.1 Å². The van der Waals surface area contributed by atoms with E-state index >= 15 is 0 Å². The fourth-order valence-electron chi connectivity index (χ4n) is 1.43. The number of nitrogens with zero attached hydrogens (tertiary/aromatic N) is 1. The quantitative estimate of drug-likeness (QED) is 0.838. The summed E-state index contributed by atoms with van der Waals surface area (Å²) < 4.78 is 29.8. The van der Waals surface area contributed by atoms with E-state index in [0.717, 1.165) is 12.1 Å². The van der Waals surface area contributed by atoms with Crippen LogP contribution in [0.1, 0.15) is 30.0 Å². The highest BCUT2D eigenvalue weighted by Gasteiger charge is 2.17. The molecular weight excluding hydrogens is 244 g/mol. The van der Waals surface area contributed by atoms with Crippen molar-refractivity contribution in [1.29, 1.82) is 5.26 Å². The Morgan fingerprint density at radius 2 is 2.22 bits per heavy atom. The Kier molecular flexibility index (Phi) is 4.60. The number of ether oxygens (including phenoxy) is 1. The second-order valence-electron chi connectivity index (χ2n) is 3.47. The summed E-state index contributed by atoms with van der Waals surface area (Å²) in [7, 11) is 0. The Morgan fingerprint density at radius 3 is 2.72 bits per heavy atom. The van der Waals surface area contributed by atoms with Crippen molar-refractivity contribution in [3.05, 3.63) is 28.8 Å². The van der Waals surface area contributed by atoms with Crippen LogP contribution in [-0.2, 0) is 16.0 Å². The van der Waals surface area contributed by atoms with Crippen molar-refractivity contribution in [2.75, 3.05) is 6.61 Å². The van der Waals surface area contributed by atoms with Crippen LogP contribution in [0.2, 0.25) is 0 Å². The Morgan fingerprint density at radius 1 is 1.56 bits per heavy atom. The summed E-state index contributed by atoms with van der Waals surface area (Å²) >= 11 is 0. The molecule has 0 radical (unpaired) electrons. The molecule has 0 saturated carbocycles. The van der Waals surface area contributed by atoms with Crippen molar-refractivity contribution in [1.82, 2.24) is 0 Å². The fourth-order valence-corrected chi connectivity index (χ4v) is 1.43. The zero-order valence-corrected chi connectivity index (χ0v) is 9.61. The minimum Gasteiger partial charge on any atom is -0.506 e. The maximum Gasteiger partial charge on any atom is 0.310 e. The van der Waals surface area contributed by atoms with E-state index in [0.29, 0.717) is 0 Å². The van der Waals surface area contributed by atoms with E-state index in [1.807, 2.05) is 0 Å². The van der Waals surface area contributed by atoms with Gasteiger partial charge in [0, 0.05) is 11.1 Å². The molecule has 0 spiro atoms. The molecule has 0 unspecified atom stereocenters. The second-order valence-corrected chi connectivity index (χ2v) is 3.47. The molecule has 0 saturated heterocycles. The number of phenolic OH excluding ortho intramolecular Hbond substituents is 1. The van der Waals surface area contributed by atoms with Gasteiger partial charge in [0.05, 0.1) is 18.6 Å². The smallest absolute Gasteiger partial charge is 0.310 e. The summed E-state index contributed by atoms with van der Waals surface area (Å²) in [6.45, 7) is 1.76. The highest BCUT2D eigenvalue weighted by Crippen LogP contribution is 2.29. The van der Waals surface area contributed by atoms with E-state index in [1.165, 1.54) is 0 Å². The summed E-state index contributed by atoms with van der Waals surface area (Å²) in [6, 6.07) is 3.50. The lowest BCUT2D eigenvalue weighted by atomic mass is 10.0. The first-order valence-corrected chi connectivity index (χ1v) is 5.19. The monoisotopic (exact) mass is 255 g/mol. The van der Waals surface area contributed by atoms with Gasteiger partial charge in [-0.1, -0.05) is 0 Å². The van der Waals surface area contributed by atoms with Gasteiger partial charge in [-0.25, -0.2) is 8.78 Å². The second kappa shape index (κ2) is 5.96. The molecule has 0 fully saturated rings. The Labute approximate surface area is 102 Å². The first-order valence-electron chi connectivity index (χ1n) is 5.19. The average molecular weight is 255 g/mol. The zero-order valence-electron chi connectivity index (χ0n) is 9.61. The van der Waals surface area contributed by atoms with Gasteiger partial charge in [0.2, 0.25) is 0 Å². The number of benzene rings is 1. The molecule has 0 aromatic heterocycles. The number of carbonyl (C=O) groups is 1. The fraction of sp³-hybridized carbons (Fsp3) is 0.333. The minimum atomic E-state index is -2.78. The van der Waals surface area contributed by atoms with E-state index in [4.69, 9.17) is 5.26 Å². The van der Waals surface area contributed by atoms with Crippen LogP contribution in [0.15, 0.2) is 12.1 Å². The molecule has 6 heteroatoms. The normalized spacial score (nSPS) is 10.2. The van der Waals surface area contributed by atoms with Crippen LogP contribution in [0, 0.1) is 11.3 Å². The molecule has 0 bridgehead atoms. The summed E-state index contributed by atoms with van der Waals surface area (Å²) in [5.41, 5.74) is -0.737. The Hall–Kier alpha value is -2.16. The van der Waals surface area contributed by atoms with Crippen molar-refractivity contribution in [2.45, 2.75) is 19.8 Å². The third kappa shape index (κ3) is 3.17. The molecule has 0 aliphatic carbocycles. The van der Waals surface area contributed by atoms with Gasteiger partial charge < -0.3 is 9.84 Å². The van der Waals surface area contributed by atoms with E-state index in [9.17, 15) is 18.7 Å². The number of phenols is 1. The molecule has 4 nitrogen and oxygen atoms in total. The maximum atomic E-state index is 12.6. The van der Waals surface area contributed by atoms with Crippen LogP contribution in [0.25, 0.3) is 0 Å². The number of aromatic hydroxyl groups is 1. The van der Waals surface area contributed by atoms with Crippen molar-refractivity contribution in [3.63, 3.8) is 0 Å². The van der Waals surface area contributed by atoms with Crippen LogP contribution in [0.3, 0.4) is 0 Å². The maximum absolute atomic E-state index is 12.6. The first kappa shape index (κ1) is 13.9. The van der Waals surface area contributed by atoms with Gasteiger partial charge in [0.1, 0.15) is 11.8 Å². The van der Waals surface area contributed by atoms with E-state index in [-0.39, 0.29) is 24.2 Å². The third-order valence-electron chi connectivity index (χ3n) is 2.22. The lowest BCUT2D eigenvalue weighted by molar-refractivity contribution is -0.142. The zero-order chi connectivity index (χ0) is 13.7. The van der Waals surface area contributed by atoms with Crippen molar-refractivity contribution >= 4 is 5.97 Å². The molecule has 0 atom stereocenters. The largest absolute Gasteiger partial charge is 0.506 e. The molecule has 1 aromatic rings. The highest BCUT2D eigenvalue weighted by atomic mass is 19.3. The summed E-state index contributed by atoms with van der Waals surface area (Å²) in [5.74, 6) is -1.11. The lowest BCUT2D eigenvalue weighted by Crippen LogP contribution is -2.08. The van der Waals surface area contributed by atoms with Gasteiger partial charge in [-0.2, -0.15) is 5.26 Å². The molecule has 0 heterocycles. The predicted octanol–water partition coefficient (Wildman–Crippen LogP) is 2.31. The van der Waals surface area contributed by atoms with Gasteiger partial charge in [-0.15, -0.1) is 0 Å². The first-order chi connectivity index (χ1) is 8.49. The molecule has 1 N–H and O–H groups in total. The summed E-state index contributed by atoms with van der Waals surface area (Å²) in [5, 5.41) is 18.4. The number of halogens is 2. The number of carbonyl (C=O) groups excluding carboxylic acids is 1. The molecule has 0 amide bonds. The molecule has 1 aromatic carbocycles. The van der Waals surface area contributed by atoms with Crippen molar-refractivity contribution < 1.29 is 23.4 Å². The summed E-state index contributed by atoms with van der Waals surface area (Å²) in [6.07, 6.45) is -3.13. The van der Waals surface area contributed by atoms with Crippen LogP contribution in [0.5, 0.6) is 5.75 Å². The van der Waals surface area contributed by atoms with E-state index in [1.54, 1.807) is 13.0 Å². The van der Waals surface area contributed by atoms with Gasteiger partial charge in [-0.3, -0.25) is 4.79 Å². The number of alkyl halides is 2. The van der Waals surface area contributed by atoms with Crippen LogP contribution in [-0.4, -0.2) is 17.7 Å². The summed E-state index contributed by atoms with van der Waals surface area (Å²) in [4.78, 5) is 11.2. The molecule has 1 rings (SSSR count). The number of hydrogen-bond acceptors (Lipinski definition) is 4. The molecular formula is C12H11F2NO3. The molecule has 0 aliphatic heterocycles. The van der Waals surface area contributed by atoms with Crippen molar-refractivity contribution in [2.24, 2.45) is 0 Å². The van der Waals surface area contributed by atoms with Crippen LogP contribution in [0.4, 0.5) is 8.78 Å². The predicted molar refractivity (Wildman–Crippen MR) is 58.1 cm³/mol. The third-order valence-corrected chi connectivity index (χ3v) is 2.22. The minimum absolute atomic E-state index is 0.0391.